The molecule has 1 N–H and O–H groups in total. The van der Waals surface area contributed by atoms with Crippen LogP contribution in [0.25, 0.3) is 0 Å². The van der Waals surface area contributed by atoms with E-state index in [-0.39, 0.29) is 17.4 Å². The zero-order valence-corrected chi connectivity index (χ0v) is 15.1. The molecular formula is C21H33NO. The van der Waals surface area contributed by atoms with Crippen molar-refractivity contribution in [2.75, 3.05) is 0 Å². The van der Waals surface area contributed by atoms with Gasteiger partial charge in [0.05, 0.1) is 18.1 Å². The molecule has 23 heavy (non-hydrogen) atoms. The molecule has 0 saturated heterocycles. The van der Waals surface area contributed by atoms with E-state index < -0.39 is 0 Å². The van der Waals surface area contributed by atoms with Gasteiger partial charge in [-0.3, -0.25) is 0 Å². The number of hydrogen-bond acceptors (Lipinski definition) is 2. The summed E-state index contributed by atoms with van der Waals surface area (Å²) in [6, 6.07) is 2.64. The summed E-state index contributed by atoms with van der Waals surface area (Å²) in [5.41, 5.74) is 0.626. The van der Waals surface area contributed by atoms with E-state index in [1.807, 2.05) is 0 Å². The fraction of sp³-hybridized carbons (Fsp3) is 0.952. The molecule has 0 unspecified atom stereocenters. The van der Waals surface area contributed by atoms with Crippen molar-refractivity contribution in [1.82, 2.24) is 0 Å². The summed E-state index contributed by atoms with van der Waals surface area (Å²) in [6.45, 7) is 7.16. The first-order chi connectivity index (χ1) is 10.9. The SMILES string of the molecule is C[C@H]1C[C@@H]2CC[C@@H]3[C@H](CC[C@]4(C)[C@H](C#N)CC[C@@H]34)[C@@]2(C)C[C@@H]1O. The summed E-state index contributed by atoms with van der Waals surface area (Å²) >= 11 is 0. The van der Waals surface area contributed by atoms with Crippen LogP contribution in [0.5, 0.6) is 0 Å². The first kappa shape index (κ1) is 15.9. The van der Waals surface area contributed by atoms with Crippen LogP contribution in [0, 0.1) is 57.7 Å². The van der Waals surface area contributed by atoms with Crippen molar-refractivity contribution in [1.29, 1.82) is 5.26 Å². The van der Waals surface area contributed by atoms with Crippen LogP contribution < -0.4 is 0 Å². The lowest BCUT2D eigenvalue weighted by Gasteiger charge is -2.61. The van der Waals surface area contributed by atoms with Gasteiger partial charge in [-0.05, 0) is 91.8 Å². The predicted octanol–water partition coefficient (Wildman–Crippen LogP) is 4.78. The monoisotopic (exact) mass is 315 g/mol. The van der Waals surface area contributed by atoms with Crippen LogP contribution in [0.2, 0.25) is 0 Å². The van der Waals surface area contributed by atoms with Crippen LogP contribution >= 0.6 is 0 Å². The minimum absolute atomic E-state index is 0.0984. The van der Waals surface area contributed by atoms with Gasteiger partial charge >= 0.3 is 0 Å². The van der Waals surface area contributed by atoms with Gasteiger partial charge in [0.2, 0.25) is 0 Å². The topological polar surface area (TPSA) is 44.0 Å². The average molecular weight is 316 g/mol. The van der Waals surface area contributed by atoms with Crippen LogP contribution in [0.3, 0.4) is 0 Å². The highest BCUT2D eigenvalue weighted by Gasteiger charge is 2.60. The molecule has 0 aromatic carbocycles. The smallest absolute Gasteiger partial charge is 0.0661 e. The molecule has 128 valence electrons. The highest BCUT2D eigenvalue weighted by molar-refractivity contribution is 5.12. The molecule has 0 radical (unpaired) electrons. The minimum atomic E-state index is -0.0984. The van der Waals surface area contributed by atoms with E-state index in [9.17, 15) is 10.4 Å². The number of aliphatic hydroxyl groups excluding tert-OH is 1. The predicted molar refractivity (Wildman–Crippen MR) is 91.4 cm³/mol. The van der Waals surface area contributed by atoms with Crippen LogP contribution in [0.1, 0.15) is 72.1 Å². The van der Waals surface area contributed by atoms with Gasteiger partial charge in [-0.25, -0.2) is 0 Å². The Kier molecular flexibility index (Phi) is 3.62. The summed E-state index contributed by atoms with van der Waals surface area (Å²) in [5.74, 6) is 3.96. The largest absolute Gasteiger partial charge is 0.393 e. The fourth-order valence-electron chi connectivity index (χ4n) is 7.71. The maximum Gasteiger partial charge on any atom is 0.0661 e. The standard InChI is InChI=1S/C21H33NO/c1-13-10-14-4-6-16-17-7-5-15(12-22)20(17,2)9-8-18(16)21(14,3)11-19(13)23/h13-19,23H,4-11H2,1-3H3/t13-,14-,15-,16-,17-,18-,19-,20+,21-/m0/s1. The quantitative estimate of drug-likeness (QED) is 0.699. The van der Waals surface area contributed by atoms with E-state index in [2.05, 4.69) is 26.8 Å². The number of aliphatic hydroxyl groups is 1. The van der Waals surface area contributed by atoms with Crippen LogP contribution in [-0.4, -0.2) is 11.2 Å². The molecule has 4 saturated carbocycles. The lowest BCUT2D eigenvalue weighted by atomic mass is 9.44. The number of fused-ring (bicyclic) bond motifs is 5. The third-order valence-electron chi connectivity index (χ3n) is 9.18. The third-order valence-corrected chi connectivity index (χ3v) is 9.18. The molecule has 4 aliphatic carbocycles. The molecule has 9 atom stereocenters. The van der Waals surface area contributed by atoms with E-state index in [1.54, 1.807) is 0 Å². The second-order valence-corrected chi connectivity index (χ2v) is 9.94. The Morgan fingerprint density at radius 1 is 1.00 bits per heavy atom. The van der Waals surface area contributed by atoms with Gasteiger partial charge in [-0.15, -0.1) is 0 Å². The molecule has 0 spiro atoms. The van der Waals surface area contributed by atoms with Gasteiger partial charge in [0.15, 0.2) is 0 Å². The van der Waals surface area contributed by atoms with E-state index in [0.29, 0.717) is 11.3 Å². The summed E-state index contributed by atoms with van der Waals surface area (Å²) in [5, 5.41) is 20.1. The normalized spacial score (nSPS) is 58.7. The summed E-state index contributed by atoms with van der Waals surface area (Å²) in [6.07, 6.45) is 9.82. The van der Waals surface area contributed by atoms with Gasteiger partial charge in [0.1, 0.15) is 0 Å². The highest BCUT2D eigenvalue weighted by atomic mass is 16.3. The number of hydrogen-bond donors (Lipinski definition) is 1. The molecule has 0 aromatic rings. The van der Waals surface area contributed by atoms with Crippen molar-refractivity contribution in [3.8, 4) is 6.07 Å². The maximum absolute atomic E-state index is 10.5. The average Bonchev–Trinajstić information content (AvgIpc) is 2.85. The maximum atomic E-state index is 10.5. The second-order valence-electron chi connectivity index (χ2n) is 9.94. The van der Waals surface area contributed by atoms with Crippen LogP contribution in [-0.2, 0) is 0 Å². The lowest BCUT2D eigenvalue weighted by molar-refractivity contribution is -0.140. The van der Waals surface area contributed by atoms with Crippen molar-refractivity contribution in [2.24, 2.45) is 46.3 Å². The highest BCUT2D eigenvalue weighted by Crippen LogP contribution is 2.67. The molecular weight excluding hydrogens is 282 g/mol. The molecule has 0 heterocycles. The summed E-state index contributed by atoms with van der Waals surface area (Å²) in [7, 11) is 0. The minimum Gasteiger partial charge on any atom is -0.393 e. The Labute approximate surface area is 141 Å². The molecule has 2 nitrogen and oxygen atoms in total. The Morgan fingerprint density at radius 2 is 1.74 bits per heavy atom. The van der Waals surface area contributed by atoms with E-state index in [4.69, 9.17) is 0 Å². The first-order valence-corrected chi connectivity index (χ1v) is 9.98. The van der Waals surface area contributed by atoms with Crippen LogP contribution in [0.4, 0.5) is 0 Å². The molecule has 0 aromatic heterocycles. The number of nitriles is 1. The Bertz CT molecular complexity index is 524. The van der Waals surface area contributed by atoms with Crippen molar-refractivity contribution in [2.45, 2.75) is 78.2 Å². The zero-order chi connectivity index (χ0) is 16.4. The molecule has 4 fully saturated rings. The van der Waals surface area contributed by atoms with Gasteiger partial charge in [-0.2, -0.15) is 5.26 Å². The molecule has 0 amide bonds. The zero-order valence-electron chi connectivity index (χ0n) is 15.1. The second kappa shape index (κ2) is 5.22. The Hall–Kier alpha value is -0.550. The molecule has 4 rings (SSSR count). The number of nitrogens with zero attached hydrogens (tertiary/aromatic N) is 1. The van der Waals surface area contributed by atoms with Crippen molar-refractivity contribution in [3.05, 3.63) is 0 Å². The van der Waals surface area contributed by atoms with Crippen molar-refractivity contribution in [3.63, 3.8) is 0 Å². The van der Waals surface area contributed by atoms with Crippen molar-refractivity contribution < 1.29 is 5.11 Å². The van der Waals surface area contributed by atoms with Gasteiger partial charge in [-0.1, -0.05) is 20.8 Å². The fourth-order valence-corrected chi connectivity index (χ4v) is 7.71. The van der Waals surface area contributed by atoms with Gasteiger partial charge in [0.25, 0.3) is 0 Å². The molecule has 0 aliphatic heterocycles. The molecule has 2 heteroatoms. The van der Waals surface area contributed by atoms with E-state index in [0.717, 1.165) is 36.5 Å². The lowest BCUT2D eigenvalue weighted by Crippen LogP contribution is -2.55. The Balaban J connectivity index is 1.63. The van der Waals surface area contributed by atoms with Gasteiger partial charge < -0.3 is 5.11 Å². The van der Waals surface area contributed by atoms with Crippen LogP contribution in [0.15, 0.2) is 0 Å². The number of rotatable bonds is 0. The summed E-state index contributed by atoms with van der Waals surface area (Å²) < 4.78 is 0. The summed E-state index contributed by atoms with van der Waals surface area (Å²) in [4.78, 5) is 0. The van der Waals surface area contributed by atoms with E-state index >= 15 is 0 Å². The van der Waals surface area contributed by atoms with E-state index in [1.165, 1.54) is 38.5 Å². The van der Waals surface area contributed by atoms with Gasteiger partial charge in [0, 0.05) is 0 Å². The molecule has 4 aliphatic rings. The molecule has 0 bridgehead atoms. The third kappa shape index (κ3) is 2.08. The van der Waals surface area contributed by atoms with Crippen molar-refractivity contribution >= 4 is 0 Å². The first-order valence-electron chi connectivity index (χ1n) is 9.98. The Morgan fingerprint density at radius 3 is 2.48 bits per heavy atom.